The van der Waals surface area contributed by atoms with Crippen LogP contribution in [0.5, 0.6) is 5.75 Å². The molecule has 0 bridgehead atoms. The SMILES string of the molecule is COc1cccc(NC(=O)Cc2ccc(NC(C)=O)cc2)c1. The number of rotatable bonds is 5. The van der Waals surface area contributed by atoms with E-state index in [1.165, 1.54) is 6.92 Å². The number of hydrogen-bond acceptors (Lipinski definition) is 3. The lowest BCUT2D eigenvalue weighted by Gasteiger charge is -2.08. The first-order valence-corrected chi connectivity index (χ1v) is 6.87. The van der Waals surface area contributed by atoms with Gasteiger partial charge in [-0.05, 0) is 29.8 Å². The summed E-state index contributed by atoms with van der Waals surface area (Å²) in [5.74, 6) is 0.460. The van der Waals surface area contributed by atoms with Crippen LogP contribution in [0.2, 0.25) is 0 Å². The zero-order chi connectivity index (χ0) is 15.9. The molecule has 114 valence electrons. The van der Waals surface area contributed by atoms with E-state index >= 15 is 0 Å². The zero-order valence-electron chi connectivity index (χ0n) is 12.6. The van der Waals surface area contributed by atoms with Gasteiger partial charge in [-0.2, -0.15) is 0 Å². The fourth-order valence-electron chi connectivity index (χ4n) is 2.00. The van der Waals surface area contributed by atoms with Gasteiger partial charge >= 0.3 is 0 Å². The highest BCUT2D eigenvalue weighted by atomic mass is 16.5. The predicted octanol–water partition coefficient (Wildman–Crippen LogP) is 2.83. The van der Waals surface area contributed by atoms with Gasteiger partial charge in [0.15, 0.2) is 0 Å². The Morgan fingerprint density at radius 3 is 2.36 bits per heavy atom. The van der Waals surface area contributed by atoms with Crippen LogP contribution < -0.4 is 15.4 Å². The van der Waals surface area contributed by atoms with Gasteiger partial charge in [-0.15, -0.1) is 0 Å². The fraction of sp³-hybridized carbons (Fsp3) is 0.176. The lowest BCUT2D eigenvalue weighted by atomic mass is 10.1. The van der Waals surface area contributed by atoms with E-state index in [9.17, 15) is 9.59 Å². The Morgan fingerprint density at radius 1 is 1.00 bits per heavy atom. The Hall–Kier alpha value is -2.82. The van der Waals surface area contributed by atoms with Crippen molar-refractivity contribution in [3.05, 3.63) is 54.1 Å². The minimum absolute atomic E-state index is 0.111. The summed E-state index contributed by atoms with van der Waals surface area (Å²) in [6.45, 7) is 1.45. The molecule has 0 aliphatic rings. The van der Waals surface area contributed by atoms with Gasteiger partial charge in [0.05, 0.1) is 13.5 Å². The third-order valence-corrected chi connectivity index (χ3v) is 2.99. The molecule has 2 amide bonds. The summed E-state index contributed by atoms with van der Waals surface area (Å²) in [6, 6.07) is 14.4. The van der Waals surface area contributed by atoms with Gasteiger partial charge in [-0.25, -0.2) is 0 Å². The van der Waals surface area contributed by atoms with Gasteiger partial charge in [-0.3, -0.25) is 9.59 Å². The van der Waals surface area contributed by atoms with Crippen LogP contribution in [0.25, 0.3) is 0 Å². The first-order chi connectivity index (χ1) is 10.6. The molecule has 5 heteroatoms. The van der Waals surface area contributed by atoms with Crippen molar-refractivity contribution in [2.45, 2.75) is 13.3 Å². The third-order valence-electron chi connectivity index (χ3n) is 2.99. The maximum absolute atomic E-state index is 12.0. The number of nitrogens with one attached hydrogen (secondary N) is 2. The smallest absolute Gasteiger partial charge is 0.228 e. The number of benzene rings is 2. The fourth-order valence-corrected chi connectivity index (χ4v) is 2.00. The number of amides is 2. The molecule has 22 heavy (non-hydrogen) atoms. The summed E-state index contributed by atoms with van der Waals surface area (Å²) >= 11 is 0. The first kappa shape index (κ1) is 15.6. The average Bonchev–Trinajstić information content (AvgIpc) is 2.49. The number of anilines is 2. The minimum atomic E-state index is -0.122. The maximum Gasteiger partial charge on any atom is 0.228 e. The van der Waals surface area contributed by atoms with Crippen molar-refractivity contribution in [3.8, 4) is 5.75 Å². The van der Waals surface area contributed by atoms with Crippen molar-refractivity contribution >= 4 is 23.2 Å². The molecule has 0 aromatic heterocycles. The first-order valence-electron chi connectivity index (χ1n) is 6.87. The molecule has 0 spiro atoms. The van der Waals surface area contributed by atoms with E-state index in [0.29, 0.717) is 17.1 Å². The van der Waals surface area contributed by atoms with Gasteiger partial charge in [0.2, 0.25) is 11.8 Å². The van der Waals surface area contributed by atoms with Crippen molar-refractivity contribution in [1.82, 2.24) is 0 Å². The summed E-state index contributed by atoms with van der Waals surface area (Å²) in [6.07, 6.45) is 0.261. The van der Waals surface area contributed by atoms with Crippen LogP contribution in [0.3, 0.4) is 0 Å². The number of hydrogen-bond donors (Lipinski definition) is 2. The number of carbonyl (C=O) groups excluding carboxylic acids is 2. The Bertz CT molecular complexity index is 666. The standard InChI is InChI=1S/C17H18N2O3/c1-12(20)18-14-8-6-13(7-9-14)10-17(21)19-15-4-3-5-16(11-15)22-2/h3-9,11H,10H2,1-2H3,(H,18,20)(H,19,21). The molecule has 5 nitrogen and oxygen atoms in total. The molecule has 0 aliphatic heterocycles. The molecule has 2 rings (SSSR count). The Kier molecular flexibility index (Phi) is 5.14. The lowest BCUT2D eigenvalue weighted by Crippen LogP contribution is -2.14. The molecule has 0 radical (unpaired) electrons. The highest BCUT2D eigenvalue weighted by Crippen LogP contribution is 2.17. The molecule has 0 fully saturated rings. The van der Waals surface area contributed by atoms with Crippen LogP contribution in [0, 0.1) is 0 Å². The van der Waals surface area contributed by atoms with E-state index in [4.69, 9.17) is 4.74 Å². The monoisotopic (exact) mass is 298 g/mol. The van der Waals surface area contributed by atoms with Crippen molar-refractivity contribution in [1.29, 1.82) is 0 Å². The van der Waals surface area contributed by atoms with Crippen LogP contribution in [0.15, 0.2) is 48.5 Å². The summed E-state index contributed by atoms with van der Waals surface area (Å²) in [5.41, 5.74) is 2.28. The van der Waals surface area contributed by atoms with E-state index < -0.39 is 0 Å². The molecule has 0 saturated carbocycles. The van der Waals surface area contributed by atoms with Gasteiger partial charge in [0.25, 0.3) is 0 Å². The second-order valence-electron chi connectivity index (χ2n) is 4.84. The van der Waals surface area contributed by atoms with Crippen LogP contribution in [-0.4, -0.2) is 18.9 Å². The summed E-state index contributed by atoms with van der Waals surface area (Å²) in [5, 5.41) is 5.51. The van der Waals surface area contributed by atoms with Crippen LogP contribution >= 0.6 is 0 Å². The maximum atomic E-state index is 12.0. The minimum Gasteiger partial charge on any atom is -0.497 e. The van der Waals surface area contributed by atoms with E-state index in [1.54, 1.807) is 31.4 Å². The molecular weight excluding hydrogens is 280 g/mol. The molecule has 0 aliphatic carbocycles. The molecule has 0 heterocycles. The van der Waals surface area contributed by atoms with Crippen molar-refractivity contribution in [2.24, 2.45) is 0 Å². The topological polar surface area (TPSA) is 67.4 Å². The van der Waals surface area contributed by atoms with E-state index in [-0.39, 0.29) is 18.2 Å². The van der Waals surface area contributed by atoms with Gasteiger partial charge in [-0.1, -0.05) is 18.2 Å². The van der Waals surface area contributed by atoms with Crippen molar-refractivity contribution in [2.75, 3.05) is 17.7 Å². The van der Waals surface area contributed by atoms with E-state index in [0.717, 1.165) is 5.56 Å². The normalized spacial score (nSPS) is 9.91. The number of carbonyl (C=O) groups is 2. The number of ether oxygens (including phenoxy) is 1. The largest absolute Gasteiger partial charge is 0.497 e. The summed E-state index contributed by atoms with van der Waals surface area (Å²) in [4.78, 5) is 23.0. The Balaban J connectivity index is 1.95. The van der Waals surface area contributed by atoms with Crippen molar-refractivity contribution < 1.29 is 14.3 Å². The third kappa shape index (κ3) is 4.63. The average molecular weight is 298 g/mol. The van der Waals surface area contributed by atoms with Crippen LogP contribution in [-0.2, 0) is 16.0 Å². The molecule has 2 aromatic carbocycles. The molecular formula is C17H18N2O3. The highest BCUT2D eigenvalue weighted by Gasteiger charge is 2.05. The van der Waals surface area contributed by atoms with Crippen LogP contribution in [0.1, 0.15) is 12.5 Å². The lowest BCUT2D eigenvalue weighted by molar-refractivity contribution is -0.116. The summed E-state index contributed by atoms with van der Waals surface area (Å²) < 4.78 is 5.11. The van der Waals surface area contributed by atoms with Gasteiger partial charge in [0, 0.05) is 24.4 Å². The van der Waals surface area contributed by atoms with E-state index in [2.05, 4.69) is 10.6 Å². The van der Waals surface area contributed by atoms with Crippen LogP contribution in [0.4, 0.5) is 11.4 Å². The van der Waals surface area contributed by atoms with E-state index in [1.807, 2.05) is 24.3 Å². The summed E-state index contributed by atoms with van der Waals surface area (Å²) in [7, 11) is 1.58. The van der Waals surface area contributed by atoms with Crippen molar-refractivity contribution in [3.63, 3.8) is 0 Å². The van der Waals surface area contributed by atoms with Gasteiger partial charge in [0.1, 0.15) is 5.75 Å². The molecule has 2 N–H and O–H groups in total. The number of methoxy groups -OCH3 is 1. The Labute approximate surface area is 129 Å². The molecule has 0 saturated heterocycles. The molecule has 2 aromatic rings. The molecule has 0 atom stereocenters. The highest BCUT2D eigenvalue weighted by molar-refractivity contribution is 5.92. The Morgan fingerprint density at radius 2 is 1.73 bits per heavy atom. The zero-order valence-corrected chi connectivity index (χ0v) is 12.6. The second-order valence-corrected chi connectivity index (χ2v) is 4.84. The molecule has 0 unspecified atom stereocenters. The predicted molar refractivity (Wildman–Crippen MR) is 86.1 cm³/mol. The van der Waals surface area contributed by atoms with Gasteiger partial charge < -0.3 is 15.4 Å². The quantitative estimate of drug-likeness (QED) is 0.892. The second kappa shape index (κ2) is 7.26.